The van der Waals surface area contributed by atoms with Gasteiger partial charge in [0, 0.05) is 5.56 Å². The maximum absolute atomic E-state index is 9.96. The van der Waals surface area contributed by atoms with Crippen molar-refractivity contribution in [2.24, 2.45) is 0 Å². The summed E-state index contributed by atoms with van der Waals surface area (Å²) in [5.74, 6) is 0. The van der Waals surface area contributed by atoms with Gasteiger partial charge in [0.25, 0.3) is 0 Å². The molecule has 0 radical (unpaired) electrons. The van der Waals surface area contributed by atoms with Gasteiger partial charge in [-0.15, -0.1) is 0 Å². The van der Waals surface area contributed by atoms with Crippen molar-refractivity contribution in [3.05, 3.63) is 58.5 Å². The summed E-state index contributed by atoms with van der Waals surface area (Å²) < 4.78 is 5.71. The van der Waals surface area contributed by atoms with Crippen LogP contribution < -0.4 is 0 Å². The van der Waals surface area contributed by atoms with Gasteiger partial charge in [-0.3, -0.25) is 0 Å². The average Bonchev–Trinajstić information content (AvgIpc) is 2.74. The molecule has 1 aromatic heterocycles. The van der Waals surface area contributed by atoms with Crippen molar-refractivity contribution >= 4 is 15.9 Å². The van der Waals surface area contributed by atoms with E-state index >= 15 is 0 Å². The van der Waals surface area contributed by atoms with Gasteiger partial charge in [-0.2, -0.15) is 0 Å². The Labute approximate surface area is 103 Å². The van der Waals surface area contributed by atoms with Crippen LogP contribution in [0.1, 0.15) is 23.7 Å². The molecule has 0 aliphatic rings. The summed E-state index contributed by atoms with van der Waals surface area (Å²) in [5.41, 5.74) is 2.05. The van der Waals surface area contributed by atoms with Crippen molar-refractivity contribution in [2.75, 3.05) is 0 Å². The summed E-state index contributed by atoms with van der Waals surface area (Å²) in [6.45, 7) is 0. The Morgan fingerprint density at radius 1 is 1.19 bits per heavy atom. The third-order valence-electron chi connectivity index (χ3n) is 2.55. The summed E-state index contributed by atoms with van der Waals surface area (Å²) in [4.78, 5) is 0. The maximum Gasteiger partial charge on any atom is 0.174 e. The molecular formula is C13H13BrO2. The van der Waals surface area contributed by atoms with Gasteiger partial charge in [-0.05, 0) is 40.4 Å². The van der Waals surface area contributed by atoms with E-state index in [1.165, 1.54) is 5.56 Å². The van der Waals surface area contributed by atoms with E-state index in [0.717, 1.165) is 12.0 Å². The first kappa shape index (κ1) is 11.4. The zero-order valence-electron chi connectivity index (χ0n) is 8.77. The van der Waals surface area contributed by atoms with Crippen LogP contribution in [0.15, 0.2) is 51.7 Å². The van der Waals surface area contributed by atoms with Gasteiger partial charge in [0.1, 0.15) is 0 Å². The van der Waals surface area contributed by atoms with Gasteiger partial charge >= 0.3 is 0 Å². The molecule has 3 heteroatoms. The monoisotopic (exact) mass is 280 g/mol. The highest BCUT2D eigenvalue weighted by Crippen LogP contribution is 2.27. The molecule has 1 N–H and O–H groups in total. The smallest absolute Gasteiger partial charge is 0.174 e. The number of aliphatic hydroxyl groups is 1. The molecular weight excluding hydrogens is 268 g/mol. The fourth-order valence-electron chi connectivity index (χ4n) is 1.65. The SMILES string of the molecule is OC(CCc1ccccc1)c1ccoc1Br. The molecule has 0 saturated carbocycles. The quantitative estimate of drug-likeness (QED) is 0.926. The summed E-state index contributed by atoms with van der Waals surface area (Å²) in [5, 5.41) is 9.96. The van der Waals surface area contributed by atoms with E-state index in [-0.39, 0.29) is 0 Å². The molecule has 0 aliphatic heterocycles. The molecule has 1 aromatic carbocycles. The third-order valence-corrected chi connectivity index (χ3v) is 3.20. The normalized spacial score (nSPS) is 12.6. The number of aliphatic hydroxyl groups excluding tert-OH is 1. The Morgan fingerprint density at radius 3 is 2.56 bits per heavy atom. The molecule has 1 atom stereocenters. The number of hydrogen-bond donors (Lipinski definition) is 1. The first-order valence-electron chi connectivity index (χ1n) is 5.22. The second-order valence-corrected chi connectivity index (χ2v) is 4.41. The van der Waals surface area contributed by atoms with E-state index in [4.69, 9.17) is 4.42 Å². The van der Waals surface area contributed by atoms with Crippen molar-refractivity contribution < 1.29 is 9.52 Å². The highest BCUT2D eigenvalue weighted by Gasteiger charge is 2.13. The standard InChI is InChI=1S/C13H13BrO2/c14-13-11(8-9-16-13)12(15)7-6-10-4-2-1-3-5-10/h1-5,8-9,12,15H,6-7H2. The van der Waals surface area contributed by atoms with Crippen molar-refractivity contribution in [1.29, 1.82) is 0 Å². The van der Waals surface area contributed by atoms with Crippen LogP contribution in [0.2, 0.25) is 0 Å². The number of benzene rings is 1. The van der Waals surface area contributed by atoms with E-state index in [2.05, 4.69) is 28.1 Å². The van der Waals surface area contributed by atoms with Gasteiger partial charge < -0.3 is 9.52 Å². The summed E-state index contributed by atoms with van der Waals surface area (Å²) >= 11 is 3.27. The van der Waals surface area contributed by atoms with Gasteiger partial charge in [-0.25, -0.2) is 0 Å². The van der Waals surface area contributed by atoms with E-state index < -0.39 is 6.10 Å². The number of hydrogen-bond acceptors (Lipinski definition) is 2. The molecule has 0 spiro atoms. The Bertz CT molecular complexity index is 436. The Kier molecular flexibility index (Phi) is 3.80. The molecule has 16 heavy (non-hydrogen) atoms. The lowest BCUT2D eigenvalue weighted by atomic mass is 10.0. The fourth-order valence-corrected chi connectivity index (χ4v) is 2.15. The van der Waals surface area contributed by atoms with Crippen LogP contribution in [0.4, 0.5) is 0 Å². The Morgan fingerprint density at radius 2 is 1.94 bits per heavy atom. The maximum atomic E-state index is 9.96. The summed E-state index contributed by atoms with van der Waals surface area (Å²) in [7, 11) is 0. The van der Waals surface area contributed by atoms with E-state index in [9.17, 15) is 5.11 Å². The molecule has 1 unspecified atom stereocenters. The minimum absolute atomic E-state index is 0.478. The van der Waals surface area contributed by atoms with Crippen LogP contribution in [0.3, 0.4) is 0 Å². The minimum atomic E-state index is -0.478. The van der Waals surface area contributed by atoms with Crippen molar-refractivity contribution in [1.82, 2.24) is 0 Å². The predicted molar refractivity (Wildman–Crippen MR) is 66.1 cm³/mol. The molecule has 1 heterocycles. The molecule has 0 bridgehead atoms. The van der Waals surface area contributed by atoms with Crippen molar-refractivity contribution in [2.45, 2.75) is 18.9 Å². The second kappa shape index (κ2) is 5.32. The highest BCUT2D eigenvalue weighted by molar-refractivity contribution is 9.10. The van der Waals surface area contributed by atoms with Crippen molar-refractivity contribution in [3.8, 4) is 0 Å². The van der Waals surface area contributed by atoms with Crippen LogP contribution in [-0.2, 0) is 6.42 Å². The molecule has 84 valence electrons. The van der Waals surface area contributed by atoms with E-state index in [0.29, 0.717) is 11.1 Å². The highest BCUT2D eigenvalue weighted by atomic mass is 79.9. The molecule has 0 amide bonds. The minimum Gasteiger partial charge on any atom is -0.457 e. The van der Waals surface area contributed by atoms with Gasteiger partial charge in [0.05, 0.1) is 12.4 Å². The molecule has 2 rings (SSSR count). The van der Waals surface area contributed by atoms with Gasteiger partial charge in [0.2, 0.25) is 0 Å². The average molecular weight is 281 g/mol. The second-order valence-electron chi connectivity index (χ2n) is 3.69. The summed E-state index contributed by atoms with van der Waals surface area (Å²) in [6, 6.07) is 11.9. The molecule has 2 nitrogen and oxygen atoms in total. The number of furan rings is 1. The number of halogens is 1. The molecule has 0 fully saturated rings. The van der Waals surface area contributed by atoms with Crippen LogP contribution in [0.5, 0.6) is 0 Å². The lowest BCUT2D eigenvalue weighted by Crippen LogP contribution is -1.98. The Hall–Kier alpha value is -1.06. The van der Waals surface area contributed by atoms with Gasteiger partial charge in [0.15, 0.2) is 4.67 Å². The van der Waals surface area contributed by atoms with Crippen LogP contribution in [0, 0.1) is 0 Å². The van der Waals surface area contributed by atoms with E-state index in [1.807, 2.05) is 18.2 Å². The largest absolute Gasteiger partial charge is 0.457 e. The van der Waals surface area contributed by atoms with E-state index in [1.54, 1.807) is 12.3 Å². The topological polar surface area (TPSA) is 33.4 Å². The molecule has 0 aliphatic carbocycles. The zero-order chi connectivity index (χ0) is 11.4. The van der Waals surface area contributed by atoms with Crippen LogP contribution in [0.25, 0.3) is 0 Å². The number of rotatable bonds is 4. The van der Waals surface area contributed by atoms with Crippen molar-refractivity contribution in [3.63, 3.8) is 0 Å². The summed E-state index contributed by atoms with van der Waals surface area (Å²) in [6.07, 6.45) is 2.65. The molecule has 0 saturated heterocycles. The lowest BCUT2D eigenvalue weighted by molar-refractivity contribution is 0.166. The number of aryl methyl sites for hydroxylation is 1. The third kappa shape index (κ3) is 2.74. The first-order chi connectivity index (χ1) is 7.77. The van der Waals surface area contributed by atoms with Gasteiger partial charge in [-0.1, -0.05) is 30.3 Å². The lowest BCUT2D eigenvalue weighted by Gasteiger charge is -2.08. The predicted octanol–water partition coefficient (Wildman–Crippen LogP) is 3.71. The Balaban J connectivity index is 1.94. The fraction of sp³-hybridized carbons (Fsp3) is 0.231. The first-order valence-corrected chi connectivity index (χ1v) is 6.01. The molecule has 2 aromatic rings. The zero-order valence-corrected chi connectivity index (χ0v) is 10.4. The van der Waals surface area contributed by atoms with Crippen LogP contribution in [-0.4, -0.2) is 5.11 Å². The van der Waals surface area contributed by atoms with Crippen LogP contribution >= 0.6 is 15.9 Å².